The van der Waals surface area contributed by atoms with Crippen molar-refractivity contribution >= 4 is 11.6 Å². The van der Waals surface area contributed by atoms with Crippen molar-refractivity contribution in [3.8, 4) is 0 Å². The first-order chi connectivity index (χ1) is 8.65. The largest absolute Gasteiger partial charge is 0.318 e. The molecule has 2 aliphatic rings. The average molecular weight is 244 g/mol. The van der Waals surface area contributed by atoms with Gasteiger partial charge in [-0.1, -0.05) is 25.1 Å². The molecule has 1 amide bonds. The van der Waals surface area contributed by atoms with Gasteiger partial charge < -0.3 is 10.6 Å². The van der Waals surface area contributed by atoms with Gasteiger partial charge in [0.2, 0.25) is 5.91 Å². The number of hydrogen-bond donors (Lipinski definition) is 1. The Morgan fingerprint density at radius 1 is 1.22 bits per heavy atom. The molecule has 1 heterocycles. The highest BCUT2D eigenvalue weighted by atomic mass is 16.2. The zero-order valence-electron chi connectivity index (χ0n) is 10.8. The van der Waals surface area contributed by atoms with E-state index in [1.165, 1.54) is 12.8 Å². The Hall–Kier alpha value is -1.35. The monoisotopic (exact) mass is 244 g/mol. The highest BCUT2D eigenvalue weighted by Gasteiger charge is 2.59. The second-order valence-corrected chi connectivity index (χ2v) is 5.77. The lowest BCUT2D eigenvalue weighted by Gasteiger charge is -2.58. The molecular weight excluding hydrogens is 224 g/mol. The molecule has 3 nitrogen and oxygen atoms in total. The number of anilines is 1. The third-order valence-corrected chi connectivity index (χ3v) is 4.67. The van der Waals surface area contributed by atoms with Gasteiger partial charge in [0.05, 0.1) is 5.54 Å². The lowest BCUT2D eigenvalue weighted by Crippen LogP contribution is -2.78. The van der Waals surface area contributed by atoms with Gasteiger partial charge in [-0.2, -0.15) is 0 Å². The first-order valence-electron chi connectivity index (χ1n) is 6.80. The van der Waals surface area contributed by atoms with Gasteiger partial charge >= 0.3 is 0 Å². The van der Waals surface area contributed by atoms with E-state index in [9.17, 15) is 4.79 Å². The number of para-hydroxylation sites is 1. The van der Waals surface area contributed by atoms with Crippen molar-refractivity contribution in [2.75, 3.05) is 4.90 Å². The van der Waals surface area contributed by atoms with E-state index in [0.29, 0.717) is 0 Å². The van der Waals surface area contributed by atoms with Crippen molar-refractivity contribution in [2.24, 2.45) is 11.7 Å². The molecule has 3 heteroatoms. The molecule has 1 saturated heterocycles. The van der Waals surface area contributed by atoms with E-state index in [-0.39, 0.29) is 17.5 Å². The Morgan fingerprint density at radius 2 is 1.83 bits per heavy atom. The fraction of sp³-hybridized carbons (Fsp3) is 0.533. The number of carbonyl (C=O) groups excluding carboxylic acids is 1. The third-order valence-electron chi connectivity index (χ3n) is 4.67. The van der Waals surface area contributed by atoms with Crippen LogP contribution in [0.3, 0.4) is 0 Å². The SMILES string of the molecule is CC1CCC2(CC1)[C@H](N)C(=O)N2c1ccccc1. The summed E-state index contributed by atoms with van der Waals surface area (Å²) in [7, 11) is 0. The lowest BCUT2D eigenvalue weighted by atomic mass is 9.66. The topological polar surface area (TPSA) is 46.3 Å². The van der Waals surface area contributed by atoms with Gasteiger partial charge in [0.15, 0.2) is 0 Å². The average Bonchev–Trinajstić information content (AvgIpc) is 2.42. The van der Waals surface area contributed by atoms with Gasteiger partial charge in [-0.15, -0.1) is 0 Å². The smallest absolute Gasteiger partial charge is 0.246 e. The van der Waals surface area contributed by atoms with Crippen LogP contribution in [0, 0.1) is 5.92 Å². The van der Waals surface area contributed by atoms with Crippen LogP contribution in [0.25, 0.3) is 0 Å². The summed E-state index contributed by atoms with van der Waals surface area (Å²) in [5.41, 5.74) is 7.01. The van der Waals surface area contributed by atoms with Gasteiger partial charge in [0.25, 0.3) is 0 Å². The van der Waals surface area contributed by atoms with Crippen LogP contribution < -0.4 is 10.6 Å². The molecule has 1 saturated carbocycles. The number of amides is 1. The van der Waals surface area contributed by atoms with E-state index in [2.05, 4.69) is 6.92 Å². The molecule has 1 atom stereocenters. The summed E-state index contributed by atoms with van der Waals surface area (Å²) in [5.74, 6) is 0.840. The van der Waals surface area contributed by atoms with Crippen molar-refractivity contribution in [3.63, 3.8) is 0 Å². The van der Waals surface area contributed by atoms with E-state index in [4.69, 9.17) is 5.73 Å². The number of nitrogens with two attached hydrogens (primary N) is 1. The highest BCUT2D eigenvalue weighted by molar-refractivity contribution is 6.07. The predicted octanol–water partition coefficient (Wildman–Crippen LogP) is 2.31. The summed E-state index contributed by atoms with van der Waals surface area (Å²) < 4.78 is 0. The highest BCUT2D eigenvalue weighted by Crippen LogP contribution is 2.46. The lowest BCUT2D eigenvalue weighted by molar-refractivity contribution is -0.131. The molecule has 1 aromatic carbocycles. The van der Waals surface area contributed by atoms with Gasteiger partial charge in [-0.05, 0) is 43.7 Å². The Morgan fingerprint density at radius 3 is 2.44 bits per heavy atom. The van der Waals surface area contributed by atoms with Crippen molar-refractivity contribution in [3.05, 3.63) is 30.3 Å². The van der Waals surface area contributed by atoms with Crippen LogP contribution in [0.5, 0.6) is 0 Å². The van der Waals surface area contributed by atoms with Crippen molar-refractivity contribution < 1.29 is 4.79 Å². The van der Waals surface area contributed by atoms with Crippen molar-refractivity contribution in [1.29, 1.82) is 0 Å². The van der Waals surface area contributed by atoms with Gasteiger partial charge in [0, 0.05) is 5.69 Å². The standard InChI is InChI=1S/C15H20N2O/c1-11-7-9-15(10-8-11)13(16)14(18)17(15)12-5-3-2-4-6-12/h2-6,11,13H,7-10,16H2,1H3/t11?,13-,15?/m1/s1. The Labute approximate surface area is 108 Å². The molecule has 3 rings (SSSR count). The molecule has 18 heavy (non-hydrogen) atoms. The first kappa shape index (κ1) is 11.7. The van der Waals surface area contributed by atoms with E-state index in [0.717, 1.165) is 24.4 Å². The Kier molecular flexibility index (Phi) is 2.67. The second-order valence-electron chi connectivity index (χ2n) is 5.77. The number of β-lactam (4-membered cyclic amide) rings is 1. The number of hydrogen-bond acceptors (Lipinski definition) is 2. The maximum Gasteiger partial charge on any atom is 0.246 e. The van der Waals surface area contributed by atoms with E-state index in [1.807, 2.05) is 35.2 Å². The number of nitrogens with zero attached hydrogens (tertiary/aromatic N) is 1. The summed E-state index contributed by atoms with van der Waals surface area (Å²) in [4.78, 5) is 14.1. The van der Waals surface area contributed by atoms with Crippen molar-refractivity contribution in [1.82, 2.24) is 0 Å². The predicted molar refractivity (Wildman–Crippen MR) is 72.3 cm³/mol. The molecule has 1 spiro atoms. The van der Waals surface area contributed by atoms with Gasteiger partial charge in [-0.25, -0.2) is 0 Å². The van der Waals surface area contributed by atoms with Crippen LogP contribution in [0.2, 0.25) is 0 Å². The first-order valence-corrected chi connectivity index (χ1v) is 6.80. The molecule has 2 fully saturated rings. The molecule has 1 aliphatic heterocycles. The third kappa shape index (κ3) is 1.50. The van der Waals surface area contributed by atoms with Crippen LogP contribution >= 0.6 is 0 Å². The number of benzene rings is 1. The minimum absolute atomic E-state index is 0.0794. The molecule has 2 N–H and O–H groups in total. The molecular formula is C15H20N2O. The fourth-order valence-corrected chi connectivity index (χ4v) is 3.42. The van der Waals surface area contributed by atoms with Gasteiger partial charge in [0.1, 0.15) is 6.04 Å². The fourth-order valence-electron chi connectivity index (χ4n) is 3.42. The number of carbonyl (C=O) groups is 1. The van der Waals surface area contributed by atoms with Crippen molar-refractivity contribution in [2.45, 2.75) is 44.2 Å². The maximum atomic E-state index is 12.1. The minimum Gasteiger partial charge on any atom is -0.318 e. The van der Waals surface area contributed by atoms with Crippen LogP contribution in [0.1, 0.15) is 32.6 Å². The Bertz CT molecular complexity index is 449. The van der Waals surface area contributed by atoms with Crippen LogP contribution in [0.4, 0.5) is 5.69 Å². The quantitative estimate of drug-likeness (QED) is 0.771. The molecule has 0 unspecified atom stereocenters. The van der Waals surface area contributed by atoms with E-state index >= 15 is 0 Å². The molecule has 0 radical (unpaired) electrons. The summed E-state index contributed by atoms with van der Waals surface area (Å²) in [6, 6.07) is 9.64. The number of rotatable bonds is 1. The molecule has 96 valence electrons. The Balaban J connectivity index is 1.91. The van der Waals surface area contributed by atoms with E-state index < -0.39 is 0 Å². The summed E-state index contributed by atoms with van der Waals surface area (Å²) in [6.07, 6.45) is 4.42. The molecule has 1 aliphatic carbocycles. The summed E-state index contributed by atoms with van der Waals surface area (Å²) in [5, 5.41) is 0. The summed E-state index contributed by atoms with van der Waals surface area (Å²) >= 11 is 0. The molecule has 1 aromatic rings. The van der Waals surface area contributed by atoms with Crippen LogP contribution in [0.15, 0.2) is 30.3 Å². The second kappa shape index (κ2) is 4.09. The molecule has 0 bridgehead atoms. The normalized spacial score (nSPS) is 35.7. The zero-order chi connectivity index (χ0) is 12.8. The maximum absolute atomic E-state index is 12.1. The van der Waals surface area contributed by atoms with Gasteiger partial charge in [-0.3, -0.25) is 4.79 Å². The van der Waals surface area contributed by atoms with Crippen LogP contribution in [-0.2, 0) is 4.79 Å². The van der Waals surface area contributed by atoms with E-state index in [1.54, 1.807) is 0 Å². The zero-order valence-corrected chi connectivity index (χ0v) is 10.8. The van der Waals surface area contributed by atoms with Crippen LogP contribution in [-0.4, -0.2) is 17.5 Å². The molecule has 0 aromatic heterocycles. The summed E-state index contributed by atoms with van der Waals surface area (Å²) in [6.45, 7) is 2.28. The minimum atomic E-state index is -0.301.